The summed E-state index contributed by atoms with van der Waals surface area (Å²) in [7, 11) is 7.59. The summed E-state index contributed by atoms with van der Waals surface area (Å²) in [5, 5.41) is 0. The highest BCUT2D eigenvalue weighted by Crippen LogP contribution is 2.39. The number of benzene rings is 3. The number of esters is 1. The molecule has 1 aliphatic rings. The predicted octanol–water partition coefficient (Wildman–Crippen LogP) is 4.33. The van der Waals surface area contributed by atoms with Crippen molar-refractivity contribution >= 4 is 11.9 Å². The van der Waals surface area contributed by atoms with Crippen LogP contribution in [-0.4, -0.2) is 65.5 Å². The van der Waals surface area contributed by atoms with Crippen molar-refractivity contribution < 1.29 is 38.0 Å². The molecule has 1 aliphatic heterocycles. The maximum absolute atomic E-state index is 13.8. The van der Waals surface area contributed by atoms with Gasteiger partial charge in [-0.05, 0) is 66.1 Å². The number of ether oxygens (including phenoxy) is 6. The van der Waals surface area contributed by atoms with E-state index in [-0.39, 0.29) is 12.5 Å². The zero-order chi connectivity index (χ0) is 27.2. The number of amides is 1. The average molecular weight is 522 g/mol. The molecular formula is C29H31NO8. The van der Waals surface area contributed by atoms with Crippen molar-refractivity contribution in [2.75, 3.05) is 48.7 Å². The lowest BCUT2D eigenvalue weighted by Gasteiger charge is -2.37. The number of hydrogen-bond acceptors (Lipinski definition) is 8. The van der Waals surface area contributed by atoms with Gasteiger partial charge in [0, 0.05) is 18.2 Å². The van der Waals surface area contributed by atoms with Gasteiger partial charge in [-0.3, -0.25) is 4.79 Å². The summed E-state index contributed by atoms with van der Waals surface area (Å²) in [6, 6.07) is 15.2. The molecule has 1 heterocycles. The van der Waals surface area contributed by atoms with E-state index in [1.165, 1.54) is 7.11 Å². The third kappa shape index (κ3) is 5.46. The highest BCUT2D eigenvalue weighted by atomic mass is 16.5. The zero-order valence-electron chi connectivity index (χ0n) is 22.1. The molecule has 0 unspecified atom stereocenters. The first-order chi connectivity index (χ1) is 18.4. The molecule has 0 fully saturated rings. The normalized spacial score (nSPS) is 14.2. The van der Waals surface area contributed by atoms with Crippen LogP contribution in [0.2, 0.25) is 0 Å². The second-order valence-electron chi connectivity index (χ2n) is 8.60. The smallest absolute Gasteiger partial charge is 0.337 e. The van der Waals surface area contributed by atoms with E-state index >= 15 is 0 Å². The Morgan fingerprint density at radius 2 is 1.39 bits per heavy atom. The summed E-state index contributed by atoms with van der Waals surface area (Å²) in [5.74, 6) is 2.19. The second-order valence-corrected chi connectivity index (χ2v) is 8.60. The first-order valence-corrected chi connectivity index (χ1v) is 12.0. The topological polar surface area (TPSA) is 92.8 Å². The fourth-order valence-corrected chi connectivity index (χ4v) is 4.53. The number of hydrogen-bond donors (Lipinski definition) is 0. The van der Waals surface area contributed by atoms with Crippen LogP contribution < -0.4 is 23.7 Å². The van der Waals surface area contributed by atoms with Crippen LogP contribution in [-0.2, 0) is 11.2 Å². The van der Waals surface area contributed by atoms with Crippen molar-refractivity contribution in [1.29, 1.82) is 0 Å². The summed E-state index contributed by atoms with van der Waals surface area (Å²) in [6.07, 6.45) is 0.632. The number of methoxy groups -OCH3 is 5. The fraction of sp³-hybridized carbons (Fsp3) is 0.310. The summed E-state index contributed by atoms with van der Waals surface area (Å²) < 4.78 is 32.7. The molecule has 0 spiro atoms. The molecule has 0 aliphatic carbocycles. The van der Waals surface area contributed by atoms with Gasteiger partial charge in [-0.25, -0.2) is 4.79 Å². The van der Waals surface area contributed by atoms with E-state index in [9.17, 15) is 9.59 Å². The van der Waals surface area contributed by atoms with Crippen molar-refractivity contribution in [3.63, 3.8) is 0 Å². The van der Waals surface area contributed by atoms with Gasteiger partial charge in [-0.15, -0.1) is 0 Å². The van der Waals surface area contributed by atoms with Crippen LogP contribution in [0, 0.1) is 0 Å². The molecular weight excluding hydrogens is 490 g/mol. The van der Waals surface area contributed by atoms with Crippen LogP contribution in [0.15, 0.2) is 54.6 Å². The molecule has 1 amide bonds. The average Bonchev–Trinajstić information content (AvgIpc) is 2.97. The standard InChI is InChI=1S/C29H31NO8/c1-33-22-12-20(13-23(15-22)34-2)28(31)30-11-10-19-14-26(35-3)27(36-4)16-24(19)25(30)17-38-21-8-6-18(7-9-21)29(32)37-5/h6-9,12-16,25H,10-11,17H2,1-5H3/t25-/m0/s1. The third-order valence-corrected chi connectivity index (χ3v) is 6.55. The molecule has 9 heteroatoms. The van der Waals surface area contributed by atoms with Crippen molar-refractivity contribution in [2.24, 2.45) is 0 Å². The maximum Gasteiger partial charge on any atom is 0.337 e. The van der Waals surface area contributed by atoms with Crippen LogP contribution in [0.1, 0.15) is 37.9 Å². The Labute approximate surface area is 221 Å². The maximum atomic E-state index is 13.8. The first kappa shape index (κ1) is 26.7. The zero-order valence-corrected chi connectivity index (χ0v) is 22.1. The van der Waals surface area contributed by atoms with Crippen LogP contribution in [0.3, 0.4) is 0 Å². The monoisotopic (exact) mass is 521 g/mol. The molecule has 38 heavy (non-hydrogen) atoms. The third-order valence-electron chi connectivity index (χ3n) is 6.55. The van der Waals surface area contributed by atoms with Crippen LogP contribution in [0.25, 0.3) is 0 Å². The molecule has 0 bridgehead atoms. The quantitative estimate of drug-likeness (QED) is 0.385. The molecule has 200 valence electrons. The van der Waals surface area contributed by atoms with Crippen molar-refractivity contribution in [1.82, 2.24) is 4.90 Å². The van der Waals surface area contributed by atoms with Crippen LogP contribution in [0.5, 0.6) is 28.7 Å². The Bertz CT molecular complexity index is 1280. The second kappa shape index (κ2) is 11.8. The van der Waals surface area contributed by atoms with Gasteiger partial charge in [0.05, 0.1) is 47.2 Å². The minimum atomic E-state index is -0.427. The molecule has 9 nitrogen and oxygen atoms in total. The molecule has 3 aromatic carbocycles. The Morgan fingerprint density at radius 1 is 0.763 bits per heavy atom. The molecule has 4 rings (SSSR count). The molecule has 0 radical (unpaired) electrons. The Morgan fingerprint density at radius 3 is 1.97 bits per heavy atom. The predicted molar refractivity (Wildman–Crippen MR) is 140 cm³/mol. The number of fused-ring (bicyclic) bond motifs is 1. The van der Waals surface area contributed by atoms with Gasteiger partial charge >= 0.3 is 5.97 Å². The number of carbonyl (C=O) groups excluding carboxylic acids is 2. The number of carbonyl (C=O) groups is 2. The van der Waals surface area contributed by atoms with Crippen LogP contribution in [0.4, 0.5) is 0 Å². The lowest BCUT2D eigenvalue weighted by atomic mass is 9.91. The van der Waals surface area contributed by atoms with Gasteiger partial charge < -0.3 is 33.3 Å². The van der Waals surface area contributed by atoms with E-state index < -0.39 is 12.0 Å². The molecule has 1 atom stereocenters. The molecule has 0 N–H and O–H groups in total. The lowest BCUT2D eigenvalue weighted by molar-refractivity contribution is 0.0582. The summed E-state index contributed by atoms with van der Waals surface area (Å²) >= 11 is 0. The molecule has 3 aromatic rings. The SMILES string of the molecule is COC(=O)c1ccc(OC[C@H]2c3cc(OC)c(OC)cc3CCN2C(=O)c2cc(OC)cc(OC)c2)cc1. The lowest BCUT2D eigenvalue weighted by Crippen LogP contribution is -2.42. The minimum Gasteiger partial charge on any atom is -0.497 e. The van der Waals surface area contributed by atoms with Crippen molar-refractivity contribution in [3.8, 4) is 28.7 Å². The Hall–Kier alpha value is -4.40. The summed E-state index contributed by atoms with van der Waals surface area (Å²) in [5.41, 5.74) is 2.81. The van der Waals surface area contributed by atoms with E-state index in [4.69, 9.17) is 28.4 Å². The highest BCUT2D eigenvalue weighted by Gasteiger charge is 2.34. The van der Waals surface area contributed by atoms with Gasteiger partial charge in [0.2, 0.25) is 0 Å². The molecule has 0 saturated heterocycles. The van der Waals surface area contributed by atoms with E-state index in [0.29, 0.717) is 52.8 Å². The van der Waals surface area contributed by atoms with Gasteiger partial charge in [0.25, 0.3) is 5.91 Å². The largest absolute Gasteiger partial charge is 0.497 e. The van der Waals surface area contributed by atoms with Gasteiger partial charge in [-0.2, -0.15) is 0 Å². The molecule has 0 aromatic heterocycles. The number of rotatable bonds is 9. The summed E-state index contributed by atoms with van der Waals surface area (Å²) in [6.45, 7) is 0.642. The minimum absolute atomic E-state index is 0.174. The fourth-order valence-electron chi connectivity index (χ4n) is 4.53. The van der Waals surface area contributed by atoms with Crippen molar-refractivity contribution in [2.45, 2.75) is 12.5 Å². The van der Waals surface area contributed by atoms with E-state index in [1.807, 2.05) is 12.1 Å². The van der Waals surface area contributed by atoms with Gasteiger partial charge in [0.1, 0.15) is 23.9 Å². The van der Waals surface area contributed by atoms with Crippen molar-refractivity contribution in [3.05, 3.63) is 76.9 Å². The van der Waals surface area contributed by atoms with E-state index in [2.05, 4.69) is 0 Å². The summed E-state index contributed by atoms with van der Waals surface area (Å²) in [4.78, 5) is 27.4. The van der Waals surface area contributed by atoms with E-state index in [0.717, 1.165) is 11.1 Å². The molecule has 0 saturated carbocycles. The Kier molecular flexibility index (Phi) is 8.25. The van der Waals surface area contributed by atoms with E-state index in [1.54, 1.807) is 75.8 Å². The van der Waals surface area contributed by atoms with Gasteiger partial charge in [-0.1, -0.05) is 0 Å². The Balaban J connectivity index is 1.69. The first-order valence-electron chi connectivity index (χ1n) is 12.0. The number of nitrogens with zero attached hydrogens (tertiary/aromatic N) is 1. The highest BCUT2D eigenvalue weighted by molar-refractivity contribution is 5.95. The van der Waals surface area contributed by atoms with Crippen LogP contribution >= 0.6 is 0 Å². The van der Waals surface area contributed by atoms with Gasteiger partial charge in [0.15, 0.2) is 11.5 Å².